The number of alkyl halides is 8. The number of hydrogen-bond donors (Lipinski definition) is 3. The number of anilines is 1. The topological polar surface area (TPSA) is 236 Å². The number of phosphoric ester groups is 1. The highest BCUT2D eigenvalue weighted by atomic mass is 35.5. The summed E-state index contributed by atoms with van der Waals surface area (Å²) >= 11 is 6.70. The second kappa shape index (κ2) is 19.8. The van der Waals surface area contributed by atoms with Crippen LogP contribution in [0.1, 0.15) is 79.0 Å². The first-order chi connectivity index (χ1) is 35.4. The smallest absolute Gasteiger partial charge is 0.346 e. The number of pyridine rings is 1. The van der Waals surface area contributed by atoms with Crippen LogP contribution in [0, 0.1) is 29.4 Å². The summed E-state index contributed by atoms with van der Waals surface area (Å²) in [6.45, 7) is -1.99. The molecule has 1 saturated heterocycles. The van der Waals surface area contributed by atoms with Crippen LogP contribution < -0.4 is 9.62 Å². The molecule has 5 aromatic rings. The molecule has 77 heavy (non-hydrogen) atoms. The minimum atomic E-state index is -5.25. The highest BCUT2D eigenvalue weighted by Crippen LogP contribution is 2.68. The highest BCUT2D eigenvalue weighted by molar-refractivity contribution is 7.93. The number of nitrogens with zero attached hydrogens (tertiary/aromatic N) is 7. The largest absolute Gasteiger partial charge is 0.469 e. The van der Waals surface area contributed by atoms with E-state index >= 15 is 8.78 Å². The van der Waals surface area contributed by atoms with Gasteiger partial charge in [-0.2, -0.15) is 49.6 Å². The molecule has 1 unspecified atom stereocenters. The van der Waals surface area contributed by atoms with E-state index in [2.05, 4.69) is 36.9 Å². The van der Waals surface area contributed by atoms with E-state index in [4.69, 9.17) is 11.6 Å². The Morgan fingerprint density at radius 3 is 2.23 bits per heavy atom. The third-order valence-electron chi connectivity index (χ3n) is 13.1. The van der Waals surface area contributed by atoms with Crippen LogP contribution in [0.5, 0.6) is 0 Å². The number of likely N-dealkylation sites (tertiary alicyclic amines) is 1. The lowest BCUT2D eigenvalue weighted by atomic mass is 9.93. The second-order valence-corrected chi connectivity index (χ2v) is 25.1. The van der Waals surface area contributed by atoms with Gasteiger partial charge >= 0.3 is 26.2 Å². The van der Waals surface area contributed by atoms with Crippen molar-refractivity contribution in [1.29, 1.82) is 0 Å². The molecule has 8 rings (SSSR count). The van der Waals surface area contributed by atoms with Crippen molar-refractivity contribution in [1.82, 2.24) is 34.8 Å². The summed E-state index contributed by atoms with van der Waals surface area (Å²) in [4.78, 5) is 52.7. The molecule has 0 spiro atoms. The number of hydrogen-bond acceptors (Lipinski definition) is 11. The van der Waals surface area contributed by atoms with E-state index in [-0.39, 0.29) is 56.3 Å². The van der Waals surface area contributed by atoms with Crippen molar-refractivity contribution in [3.63, 3.8) is 0 Å². The van der Waals surface area contributed by atoms with E-state index in [0.717, 1.165) is 47.6 Å². The molecule has 0 bridgehead atoms. The lowest BCUT2D eigenvalue weighted by Gasteiger charge is -2.29. The number of fused-ring (bicyclic) bond motifs is 4. The minimum absolute atomic E-state index is 0.0137. The van der Waals surface area contributed by atoms with Gasteiger partial charge in [0.15, 0.2) is 21.3 Å². The zero-order valence-corrected chi connectivity index (χ0v) is 43.5. The van der Waals surface area contributed by atoms with Crippen molar-refractivity contribution in [2.24, 2.45) is 5.92 Å². The first kappa shape index (κ1) is 57.3. The Bertz CT molecular complexity index is 3580. The maximum Gasteiger partial charge on any atom is 0.469 e. The van der Waals surface area contributed by atoms with Crippen LogP contribution >= 0.6 is 19.4 Å². The summed E-state index contributed by atoms with van der Waals surface area (Å²) in [5.74, 6) is -6.26. The van der Waals surface area contributed by atoms with Gasteiger partial charge in [-0.15, -0.1) is 0 Å². The molecule has 4 heterocycles. The zero-order valence-electron chi connectivity index (χ0n) is 40.2. The summed E-state index contributed by atoms with van der Waals surface area (Å²) in [6.07, 6.45) is -9.96. The Morgan fingerprint density at radius 2 is 1.64 bits per heavy atom. The standard InChI is InChI=1S/C45H42ClF10N8O10PS2/c1-42(2,76(3,70)71)12-11-25-7-8-27(28-9-10-31(46)35-37(28)63(21-43(49,50)51)60-40(35)64(77(4,72)73)41(66)61-13-5-6-26(61)20-74-75(67,68)69)36(57-25)32(16-22-14-23(47)17-24(48)15-22)58-33(65)19-62-39-34(38(59-62)45(54,55)56)29-18-30(29)44(39,52)53/h7-10,14-15,17,26,29-30,32H,5-6,13,16,18-21H2,1-4H3,(H,58,65)(H2,67,68,69)/t26-,29-,30+,32?/m0/s1. The van der Waals surface area contributed by atoms with Gasteiger partial charge in [-0.05, 0) is 87.3 Å². The zero-order chi connectivity index (χ0) is 56.9. The molecule has 3 amide bonds. The lowest BCUT2D eigenvalue weighted by molar-refractivity contribution is -0.143. The van der Waals surface area contributed by atoms with Gasteiger partial charge in [0.05, 0.1) is 46.6 Å². The molecule has 3 aromatic heterocycles. The van der Waals surface area contributed by atoms with E-state index in [0.29, 0.717) is 12.3 Å². The Balaban J connectivity index is 1.35. The predicted octanol–water partition coefficient (Wildman–Crippen LogP) is 7.75. The molecule has 32 heteroatoms. The molecule has 2 aromatic carbocycles. The summed E-state index contributed by atoms with van der Waals surface area (Å²) in [7, 11) is -14.0. The fraction of sp³-hybridized carbons (Fsp3) is 0.444. The molecule has 2 aliphatic carbocycles. The number of carbonyl (C=O) groups is 2. The number of nitrogens with one attached hydrogen (secondary N) is 1. The average molecular weight is 1180 g/mol. The fourth-order valence-corrected chi connectivity index (χ4v) is 11.0. The van der Waals surface area contributed by atoms with Gasteiger partial charge in [0.25, 0.3) is 5.92 Å². The van der Waals surface area contributed by atoms with Crippen LogP contribution in [-0.4, -0.2) is 111 Å². The minimum Gasteiger partial charge on any atom is -0.346 e. The monoisotopic (exact) mass is 1170 g/mol. The van der Waals surface area contributed by atoms with Crippen LogP contribution in [0.4, 0.5) is 54.5 Å². The lowest BCUT2D eigenvalue weighted by Crippen LogP contribution is -2.49. The number of carbonyl (C=O) groups excluding carboxylic acids is 2. The van der Waals surface area contributed by atoms with Crippen LogP contribution in [0.2, 0.25) is 5.02 Å². The van der Waals surface area contributed by atoms with Crippen LogP contribution in [0.3, 0.4) is 0 Å². The summed E-state index contributed by atoms with van der Waals surface area (Å²) in [6, 6.07) is 1.89. The van der Waals surface area contributed by atoms with Crippen molar-refractivity contribution in [3.8, 4) is 23.0 Å². The molecule has 0 radical (unpaired) electrons. The Kier molecular flexibility index (Phi) is 14.8. The Hall–Kier alpha value is -5.83. The van der Waals surface area contributed by atoms with Crippen LogP contribution in [0.25, 0.3) is 22.0 Å². The first-order valence-electron chi connectivity index (χ1n) is 22.7. The van der Waals surface area contributed by atoms with Crippen molar-refractivity contribution >= 4 is 67.9 Å². The van der Waals surface area contributed by atoms with Gasteiger partial charge in [-0.3, -0.25) is 18.7 Å². The van der Waals surface area contributed by atoms with Gasteiger partial charge in [-0.1, -0.05) is 23.6 Å². The fourth-order valence-electron chi connectivity index (χ4n) is 9.35. The number of rotatable bonds is 14. The summed E-state index contributed by atoms with van der Waals surface area (Å²) < 4.78 is 215. The van der Waals surface area contributed by atoms with Gasteiger partial charge in [-0.25, -0.2) is 40.0 Å². The van der Waals surface area contributed by atoms with Gasteiger partial charge < -0.3 is 20.0 Å². The molecule has 3 N–H and O–H groups in total. The maximum absolute atomic E-state index is 15.6. The Labute approximate surface area is 435 Å². The molecule has 1 aliphatic heterocycles. The molecule has 4 atom stereocenters. The number of amides is 3. The normalized spacial score (nSPS) is 18.9. The quantitative estimate of drug-likeness (QED) is 0.0549. The van der Waals surface area contributed by atoms with Crippen molar-refractivity contribution in [2.75, 3.05) is 30.0 Å². The first-order valence-corrected chi connectivity index (χ1v) is 28.3. The van der Waals surface area contributed by atoms with Gasteiger partial charge in [0, 0.05) is 41.5 Å². The number of aromatic nitrogens is 5. The van der Waals surface area contributed by atoms with E-state index in [9.17, 15) is 75.9 Å². The molecular formula is C45H42ClF10N8O10PS2. The molecule has 18 nitrogen and oxygen atoms in total. The molecule has 2 fully saturated rings. The third kappa shape index (κ3) is 11.8. The van der Waals surface area contributed by atoms with Gasteiger partial charge in [0.1, 0.15) is 40.9 Å². The maximum atomic E-state index is 15.6. The molecule has 3 aliphatic rings. The van der Waals surface area contributed by atoms with Crippen LogP contribution in [-0.2, 0) is 65.4 Å². The highest BCUT2D eigenvalue weighted by Gasteiger charge is 2.68. The van der Waals surface area contributed by atoms with E-state index in [1.165, 1.54) is 13.8 Å². The summed E-state index contributed by atoms with van der Waals surface area (Å²) in [5.41, 5.74) is -6.21. The number of halogens is 11. The second-order valence-electron chi connectivity index (χ2n) is 19.1. The predicted molar refractivity (Wildman–Crippen MR) is 253 cm³/mol. The number of phosphoric acid groups is 1. The number of sulfonamides is 1. The van der Waals surface area contributed by atoms with Crippen LogP contribution in [0.15, 0.2) is 42.5 Å². The van der Waals surface area contributed by atoms with E-state index in [1.54, 1.807) is 0 Å². The van der Waals surface area contributed by atoms with Gasteiger partial charge in [0.2, 0.25) is 15.9 Å². The summed E-state index contributed by atoms with van der Waals surface area (Å²) in [5, 5.41) is 8.56. The van der Waals surface area contributed by atoms with Crippen molar-refractivity contribution < 1.29 is 89.2 Å². The molecular weight excluding hydrogens is 1130 g/mol. The Morgan fingerprint density at radius 1 is 0.987 bits per heavy atom. The van der Waals surface area contributed by atoms with Crippen molar-refractivity contribution in [2.45, 2.75) is 93.6 Å². The number of urea groups is 1. The number of benzene rings is 2. The third-order valence-corrected chi connectivity index (χ3v) is 16.8. The van der Waals surface area contributed by atoms with Crippen molar-refractivity contribution in [3.05, 3.63) is 93.0 Å². The SMILES string of the molecule is CC(C)(C#Cc1ccc(-c2ccc(Cl)c3c(N(C(=O)N4CCC[C@H]4COP(=O)(O)O)S(C)(=O)=O)nn(CC(F)(F)F)c23)c(C(Cc2cc(F)cc(F)c2)NC(=O)Cn2nc(C(F)(F)F)c3c2C(F)(F)[C@@H]2C[C@H]32)n1)S(C)(=O)=O. The van der Waals surface area contributed by atoms with E-state index < -0.39 is 174 Å². The molecule has 1 saturated carbocycles. The average Bonchev–Trinajstić information content (AvgIpc) is 3.50. The number of sulfone groups is 1. The van der Waals surface area contributed by atoms with E-state index in [1.807, 2.05) is 0 Å². The molecule has 416 valence electrons.